The summed E-state index contributed by atoms with van der Waals surface area (Å²) in [5.41, 5.74) is 2.66. The van der Waals surface area contributed by atoms with Gasteiger partial charge in [-0.05, 0) is 36.3 Å². The van der Waals surface area contributed by atoms with E-state index in [2.05, 4.69) is 5.32 Å². The lowest BCUT2D eigenvalue weighted by Gasteiger charge is -2.07. The van der Waals surface area contributed by atoms with Crippen molar-refractivity contribution in [1.82, 2.24) is 5.32 Å². The molecule has 3 rings (SSSR count). The Hall–Kier alpha value is -2.75. The molecule has 0 aromatic heterocycles. The summed E-state index contributed by atoms with van der Waals surface area (Å²) in [7, 11) is 0. The van der Waals surface area contributed by atoms with Gasteiger partial charge in [-0.25, -0.2) is 0 Å². The largest absolute Gasteiger partial charge is 0.454 e. The number of benzene rings is 2. The summed E-state index contributed by atoms with van der Waals surface area (Å²) in [5.74, 6) is 1.39. The molecule has 0 aliphatic carbocycles. The zero-order valence-corrected chi connectivity index (χ0v) is 12.3. The summed E-state index contributed by atoms with van der Waals surface area (Å²) in [6.45, 7) is 2.52. The first-order valence-electron chi connectivity index (χ1n) is 7.12. The van der Waals surface area contributed by atoms with Gasteiger partial charge < -0.3 is 14.8 Å². The van der Waals surface area contributed by atoms with Crippen molar-refractivity contribution in [3.8, 4) is 11.5 Å². The van der Waals surface area contributed by atoms with Crippen molar-refractivity contribution in [2.75, 3.05) is 6.79 Å². The highest BCUT2D eigenvalue weighted by atomic mass is 16.7. The Morgan fingerprint density at radius 2 is 1.91 bits per heavy atom. The number of hydrogen-bond donors (Lipinski definition) is 1. The predicted octanol–water partition coefficient (Wildman–Crippen LogP) is 3.14. The Kier molecular flexibility index (Phi) is 4.10. The number of carbonyl (C=O) groups is 1. The maximum atomic E-state index is 12.1. The molecule has 1 heterocycles. The van der Waals surface area contributed by atoms with Crippen LogP contribution in [0.2, 0.25) is 0 Å². The van der Waals surface area contributed by atoms with Gasteiger partial charge in [-0.15, -0.1) is 0 Å². The molecule has 1 aliphatic rings. The molecule has 4 nitrogen and oxygen atoms in total. The van der Waals surface area contributed by atoms with E-state index in [0.29, 0.717) is 12.1 Å². The molecule has 0 saturated heterocycles. The highest BCUT2D eigenvalue weighted by Crippen LogP contribution is 2.32. The summed E-state index contributed by atoms with van der Waals surface area (Å²) >= 11 is 0. The van der Waals surface area contributed by atoms with Crippen LogP contribution in [0.15, 0.2) is 54.1 Å². The van der Waals surface area contributed by atoms with E-state index in [1.165, 1.54) is 0 Å². The molecule has 0 unspecified atom stereocenters. The van der Waals surface area contributed by atoms with Crippen molar-refractivity contribution < 1.29 is 14.3 Å². The lowest BCUT2D eigenvalue weighted by Crippen LogP contribution is -2.23. The SMILES string of the molecule is C/C(=C\c1ccccc1)C(=O)NCc1ccc2c(c1)OCO2. The first-order valence-corrected chi connectivity index (χ1v) is 7.12. The molecule has 0 radical (unpaired) electrons. The maximum Gasteiger partial charge on any atom is 0.247 e. The summed E-state index contributed by atoms with van der Waals surface area (Å²) < 4.78 is 10.6. The summed E-state index contributed by atoms with van der Waals surface area (Å²) in [5, 5.41) is 2.91. The number of carbonyl (C=O) groups excluding carboxylic acids is 1. The van der Waals surface area contributed by atoms with Gasteiger partial charge >= 0.3 is 0 Å². The van der Waals surface area contributed by atoms with Gasteiger partial charge in [0.2, 0.25) is 12.7 Å². The monoisotopic (exact) mass is 295 g/mol. The topological polar surface area (TPSA) is 47.6 Å². The van der Waals surface area contributed by atoms with Crippen LogP contribution in [0.5, 0.6) is 11.5 Å². The van der Waals surface area contributed by atoms with E-state index in [1.807, 2.05) is 61.5 Å². The van der Waals surface area contributed by atoms with Gasteiger partial charge in [-0.1, -0.05) is 36.4 Å². The third-order valence-corrected chi connectivity index (χ3v) is 3.43. The molecule has 4 heteroatoms. The average Bonchev–Trinajstić information content (AvgIpc) is 3.01. The fraction of sp³-hybridized carbons (Fsp3) is 0.167. The highest BCUT2D eigenvalue weighted by molar-refractivity contribution is 5.97. The molecule has 0 saturated carbocycles. The Labute approximate surface area is 129 Å². The molecule has 2 aromatic carbocycles. The molecule has 22 heavy (non-hydrogen) atoms. The van der Waals surface area contributed by atoms with E-state index >= 15 is 0 Å². The van der Waals surface area contributed by atoms with Crippen LogP contribution in [0.1, 0.15) is 18.1 Å². The molecule has 1 aliphatic heterocycles. The predicted molar refractivity (Wildman–Crippen MR) is 84.5 cm³/mol. The number of fused-ring (bicyclic) bond motifs is 1. The van der Waals surface area contributed by atoms with Gasteiger partial charge in [0.05, 0.1) is 0 Å². The normalized spacial score (nSPS) is 13.0. The Bertz CT molecular complexity index is 708. The van der Waals surface area contributed by atoms with E-state index in [-0.39, 0.29) is 12.7 Å². The fourth-order valence-corrected chi connectivity index (χ4v) is 2.24. The van der Waals surface area contributed by atoms with Gasteiger partial charge in [0, 0.05) is 12.1 Å². The maximum absolute atomic E-state index is 12.1. The van der Waals surface area contributed by atoms with E-state index < -0.39 is 0 Å². The van der Waals surface area contributed by atoms with Crippen molar-refractivity contribution >= 4 is 12.0 Å². The zero-order valence-electron chi connectivity index (χ0n) is 12.3. The number of rotatable bonds is 4. The van der Waals surface area contributed by atoms with Crippen LogP contribution in [-0.2, 0) is 11.3 Å². The van der Waals surface area contributed by atoms with Gasteiger partial charge in [-0.3, -0.25) is 4.79 Å². The van der Waals surface area contributed by atoms with Crippen molar-refractivity contribution in [1.29, 1.82) is 0 Å². The number of amides is 1. The van der Waals surface area contributed by atoms with Gasteiger partial charge in [0.25, 0.3) is 0 Å². The van der Waals surface area contributed by atoms with E-state index in [9.17, 15) is 4.79 Å². The molecule has 0 atom stereocenters. The Morgan fingerprint density at radius 1 is 1.14 bits per heavy atom. The minimum Gasteiger partial charge on any atom is -0.454 e. The van der Waals surface area contributed by atoms with Crippen molar-refractivity contribution in [3.05, 3.63) is 65.2 Å². The van der Waals surface area contributed by atoms with E-state index in [0.717, 1.165) is 22.6 Å². The van der Waals surface area contributed by atoms with Crippen LogP contribution in [0.3, 0.4) is 0 Å². The fourth-order valence-electron chi connectivity index (χ4n) is 2.24. The molecule has 2 aromatic rings. The molecule has 0 bridgehead atoms. The van der Waals surface area contributed by atoms with Crippen LogP contribution in [0.25, 0.3) is 6.08 Å². The quantitative estimate of drug-likeness (QED) is 0.882. The van der Waals surface area contributed by atoms with E-state index in [4.69, 9.17) is 9.47 Å². The van der Waals surface area contributed by atoms with Crippen LogP contribution in [0.4, 0.5) is 0 Å². The summed E-state index contributed by atoms with van der Waals surface area (Å²) in [6, 6.07) is 15.4. The molecule has 112 valence electrons. The first-order chi connectivity index (χ1) is 10.7. The smallest absolute Gasteiger partial charge is 0.247 e. The lowest BCUT2D eigenvalue weighted by molar-refractivity contribution is -0.117. The molecule has 1 N–H and O–H groups in total. The standard InChI is InChI=1S/C18H17NO3/c1-13(9-14-5-3-2-4-6-14)18(20)19-11-15-7-8-16-17(10-15)22-12-21-16/h2-10H,11-12H2,1H3,(H,19,20)/b13-9+. The Balaban J connectivity index is 1.61. The van der Waals surface area contributed by atoms with E-state index in [1.54, 1.807) is 0 Å². The second-order valence-corrected chi connectivity index (χ2v) is 5.11. The minimum absolute atomic E-state index is 0.0819. The minimum atomic E-state index is -0.0819. The molecule has 1 amide bonds. The molecular formula is C18H17NO3. The van der Waals surface area contributed by atoms with Gasteiger partial charge in [0.15, 0.2) is 11.5 Å². The lowest BCUT2D eigenvalue weighted by atomic mass is 10.1. The number of nitrogens with one attached hydrogen (secondary N) is 1. The van der Waals surface area contributed by atoms with Crippen LogP contribution < -0.4 is 14.8 Å². The average molecular weight is 295 g/mol. The van der Waals surface area contributed by atoms with Crippen molar-refractivity contribution in [3.63, 3.8) is 0 Å². The second-order valence-electron chi connectivity index (χ2n) is 5.11. The van der Waals surface area contributed by atoms with Crippen molar-refractivity contribution in [2.24, 2.45) is 0 Å². The van der Waals surface area contributed by atoms with Crippen LogP contribution in [0, 0.1) is 0 Å². The van der Waals surface area contributed by atoms with Crippen LogP contribution in [-0.4, -0.2) is 12.7 Å². The highest BCUT2D eigenvalue weighted by Gasteiger charge is 2.13. The van der Waals surface area contributed by atoms with Crippen LogP contribution >= 0.6 is 0 Å². The summed E-state index contributed by atoms with van der Waals surface area (Å²) in [6.07, 6.45) is 1.87. The number of hydrogen-bond acceptors (Lipinski definition) is 3. The zero-order chi connectivity index (χ0) is 15.4. The Morgan fingerprint density at radius 3 is 2.73 bits per heavy atom. The molecular weight excluding hydrogens is 278 g/mol. The number of ether oxygens (including phenoxy) is 2. The third-order valence-electron chi connectivity index (χ3n) is 3.43. The first kappa shape index (κ1) is 14.2. The molecule has 0 fully saturated rings. The second kappa shape index (κ2) is 6.35. The summed E-state index contributed by atoms with van der Waals surface area (Å²) in [4.78, 5) is 12.1. The third kappa shape index (κ3) is 3.28. The van der Waals surface area contributed by atoms with Gasteiger partial charge in [-0.2, -0.15) is 0 Å². The van der Waals surface area contributed by atoms with Crippen molar-refractivity contribution in [2.45, 2.75) is 13.5 Å². The molecule has 0 spiro atoms. The van der Waals surface area contributed by atoms with Gasteiger partial charge in [0.1, 0.15) is 0 Å².